The topological polar surface area (TPSA) is 54.4 Å². The number of anilines is 1. The van der Waals surface area contributed by atoms with Crippen LogP contribution in [0.15, 0.2) is 24.3 Å². The maximum Gasteiger partial charge on any atom is 0.253 e. The Hall–Kier alpha value is -2.35. The second-order valence-electron chi connectivity index (χ2n) is 4.37. The van der Waals surface area contributed by atoms with Crippen LogP contribution >= 0.6 is 0 Å². The predicted octanol–water partition coefficient (Wildman–Crippen LogP) is 2.79. The van der Waals surface area contributed by atoms with E-state index in [0.29, 0.717) is 11.3 Å². The first-order valence-electron chi connectivity index (χ1n) is 6.20. The number of hydrogen-bond acceptors (Lipinski definition) is 4. The van der Waals surface area contributed by atoms with E-state index in [0.717, 1.165) is 0 Å². The molecule has 1 heterocycles. The van der Waals surface area contributed by atoms with Crippen molar-refractivity contribution in [2.24, 2.45) is 0 Å². The molecule has 1 aromatic carbocycles. The standard InChI is InChI=1S/C14H12F4N2O2/c1-22-8-4-2-7(3-5-8)9(21)6-19-12-10(15)13(17)20-14(18)11(12)16/h2-5,9,21H,6H2,1H3,(H,19,20). The van der Waals surface area contributed by atoms with Crippen LogP contribution in [0.3, 0.4) is 0 Å². The van der Waals surface area contributed by atoms with Crippen molar-refractivity contribution >= 4 is 5.69 Å². The van der Waals surface area contributed by atoms with E-state index >= 15 is 0 Å². The van der Waals surface area contributed by atoms with Gasteiger partial charge in [0.25, 0.3) is 11.9 Å². The van der Waals surface area contributed by atoms with Gasteiger partial charge in [-0.3, -0.25) is 0 Å². The molecule has 4 nitrogen and oxygen atoms in total. The van der Waals surface area contributed by atoms with E-state index in [9.17, 15) is 22.7 Å². The minimum atomic E-state index is -1.76. The van der Waals surface area contributed by atoms with Gasteiger partial charge in [0.05, 0.1) is 13.2 Å². The minimum absolute atomic E-state index is 0.358. The largest absolute Gasteiger partial charge is 0.497 e. The summed E-state index contributed by atoms with van der Waals surface area (Å²) in [7, 11) is 1.48. The highest BCUT2D eigenvalue weighted by Gasteiger charge is 2.21. The molecule has 22 heavy (non-hydrogen) atoms. The zero-order valence-electron chi connectivity index (χ0n) is 11.4. The summed E-state index contributed by atoms with van der Waals surface area (Å²) in [4.78, 5) is 2.44. The van der Waals surface area contributed by atoms with Crippen molar-refractivity contribution in [2.75, 3.05) is 19.0 Å². The molecule has 0 bridgehead atoms. The third-order valence-corrected chi connectivity index (χ3v) is 2.97. The molecular formula is C14H12F4N2O2. The van der Waals surface area contributed by atoms with E-state index in [1.807, 2.05) is 0 Å². The lowest BCUT2D eigenvalue weighted by atomic mass is 10.1. The molecule has 0 aliphatic carbocycles. The molecule has 2 rings (SSSR count). The van der Waals surface area contributed by atoms with Crippen molar-refractivity contribution in [3.63, 3.8) is 0 Å². The van der Waals surface area contributed by atoms with E-state index in [-0.39, 0.29) is 6.54 Å². The highest BCUT2D eigenvalue weighted by atomic mass is 19.2. The summed E-state index contributed by atoms with van der Waals surface area (Å²) in [5.74, 6) is -6.26. The monoisotopic (exact) mass is 316 g/mol. The van der Waals surface area contributed by atoms with Crippen LogP contribution in [0.1, 0.15) is 11.7 Å². The third kappa shape index (κ3) is 3.28. The molecule has 0 radical (unpaired) electrons. The fraction of sp³-hybridized carbons (Fsp3) is 0.214. The Balaban J connectivity index is 2.12. The highest BCUT2D eigenvalue weighted by molar-refractivity contribution is 5.45. The Labute approximate surface area is 123 Å². The number of methoxy groups -OCH3 is 1. The molecule has 8 heteroatoms. The number of ether oxygens (including phenoxy) is 1. The molecule has 0 spiro atoms. The number of aliphatic hydroxyl groups excluding tert-OH is 1. The highest BCUT2D eigenvalue weighted by Crippen LogP contribution is 2.24. The zero-order chi connectivity index (χ0) is 16.3. The average molecular weight is 316 g/mol. The fourth-order valence-corrected chi connectivity index (χ4v) is 1.78. The van der Waals surface area contributed by atoms with Gasteiger partial charge in [0.15, 0.2) is 0 Å². The first-order chi connectivity index (χ1) is 10.4. The number of nitrogens with zero attached hydrogens (tertiary/aromatic N) is 1. The molecule has 0 fully saturated rings. The zero-order valence-corrected chi connectivity index (χ0v) is 11.4. The maximum absolute atomic E-state index is 13.4. The molecule has 0 amide bonds. The number of benzene rings is 1. The molecule has 1 unspecified atom stereocenters. The van der Waals surface area contributed by atoms with Crippen LogP contribution < -0.4 is 10.1 Å². The van der Waals surface area contributed by atoms with Crippen LogP contribution in [0.4, 0.5) is 23.2 Å². The minimum Gasteiger partial charge on any atom is -0.497 e. The van der Waals surface area contributed by atoms with Crippen LogP contribution in [-0.4, -0.2) is 23.7 Å². The van der Waals surface area contributed by atoms with Gasteiger partial charge in [0, 0.05) is 6.54 Å². The van der Waals surface area contributed by atoms with Crippen molar-refractivity contribution < 1.29 is 27.4 Å². The third-order valence-electron chi connectivity index (χ3n) is 2.97. The van der Waals surface area contributed by atoms with Crippen molar-refractivity contribution in [3.05, 3.63) is 53.4 Å². The molecule has 2 N–H and O–H groups in total. The van der Waals surface area contributed by atoms with Gasteiger partial charge in [-0.15, -0.1) is 0 Å². The second-order valence-corrected chi connectivity index (χ2v) is 4.37. The first-order valence-corrected chi connectivity index (χ1v) is 6.20. The van der Waals surface area contributed by atoms with Crippen molar-refractivity contribution in [2.45, 2.75) is 6.10 Å². The van der Waals surface area contributed by atoms with Crippen LogP contribution in [0.25, 0.3) is 0 Å². The number of pyridine rings is 1. The Kier molecular flexibility index (Phi) is 4.81. The number of aliphatic hydroxyl groups is 1. The number of rotatable bonds is 5. The van der Waals surface area contributed by atoms with Crippen molar-refractivity contribution in [1.82, 2.24) is 4.98 Å². The van der Waals surface area contributed by atoms with E-state index in [4.69, 9.17) is 4.74 Å². The summed E-state index contributed by atoms with van der Waals surface area (Å²) < 4.78 is 57.6. The van der Waals surface area contributed by atoms with Crippen LogP contribution in [0, 0.1) is 23.5 Å². The summed E-state index contributed by atoms with van der Waals surface area (Å²) in [6.45, 7) is -0.358. The van der Waals surface area contributed by atoms with Gasteiger partial charge < -0.3 is 15.2 Å². The summed E-state index contributed by atoms with van der Waals surface area (Å²) >= 11 is 0. The predicted molar refractivity (Wildman–Crippen MR) is 70.5 cm³/mol. The number of halogens is 4. The fourth-order valence-electron chi connectivity index (χ4n) is 1.78. The Morgan fingerprint density at radius 3 is 2.14 bits per heavy atom. The van der Waals surface area contributed by atoms with Gasteiger partial charge in [-0.05, 0) is 17.7 Å². The number of hydrogen-bond donors (Lipinski definition) is 2. The SMILES string of the molecule is COc1ccc(C(O)CNc2c(F)c(F)nc(F)c2F)cc1. The number of nitrogens with one attached hydrogen (secondary N) is 1. The van der Waals surface area contributed by atoms with E-state index < -0.39 is 35.3 Å². The molecular weight excluding hydrogens is 304 g/mol. The molecule has 1 atom stereocenters. The lowest BCUT2D eigenvalue weighted by Crippen LogP contribution is -2.16. The van der Waals surface area contributed by atoms with Gasteiger partial charge in [0.2, 0.25) is 11.6 Å². The van der Waals surface area contributed by atoms with E-state index in [1.165, 1.54) is 7.11 Å². The maximum atomic E-state index is 13.4. The van der Waals surface area contributed by atoms with Crippen LogP contribution in [-0.2, 0) is 0 Å². The Morgan fingerprint density at radius 2 is 1.64 bits per heavy atom. The van der Waals surface area contributed by atoms with E-state index in [2.05, 4.69) is 10.3 Å². The lowest BCUT2D eigenvalue weighted by molar-refractivity contribution is 0.191. The summed E-state index contributed by atoms with van der Waals surface area (Å²) in [5.41, 5.74) is -0.582. The normalized spacial score (nSPS) is 12.1. The van der Waals surface area contributed by atoms with Crippen LogP contribution in [0.2, 0.25) is 0 Å². The second kappa shape index (κ2) is 6.61. The molecule has 0 saturated carbocycles. The van der Waals surface area contributed by atoms with Gasteiger partial charge in [0.1, 0.15) is 11.4 Å². The number of aromatic nitrogens is 1. The van der Waals surface area contributed by atoms with Gasteiger partial charge in [-0.1, -0.05) is 12.1 Å². The molecule has 1 aromatic heterocycles. The molecule has 0 saturated heterocycles. The lowest BCUT2D eigenvalue weighted by Gasteiger charge is -2.14. The van der Waals surface area contributed by atoms with Crippen LogP contribution in [0.5, 0.6) is 5.75 Å². The van der Waals surface area contributed by atoms with Gasteiger partial charge in [-0.2, -0.15) is 22.5 Å². The van der Waals surface area contributed by atoms with Gasteiger partial charge in [-0.25, -0.2) is 0 Å². The first kappa shape index (κ1) is 16.0. The molecule has 0 aliphatic heterocycles. The molecule has 118 valence electrons. The summed E-state index contributed by atoms with van der Waals surface area (Å²) in [6.07, 6.45) is -1.15. The average Bonchev–Trinajstić information content (AvgIpc) is 2.53. The van der Waals surface area contributed by atoms with Crippen molar-refractivity contribution in [1.29, 1.82) is 0 Å². The van der Waals surface area contributed by atoms with Gasteiger partial charge >= 0.3 is 0 Å². The van der Waals surface area contributed by atoms with Crippen molar-refractivity contribution in [3.8, 4) is 5.75 Å². The quantitative estimate of drug-likeness (QED) is 0.658. The Bertz CT molecular complexity index is 639. The van der Waals surface area contributed by atoms with E-state index in [1.54, 1.807) is 24.3 Å². The summed E-state index contributed by atoms with van der Waals surface area (Å²) in [6, 6.07) is 6.27. The molecule has 0 aliphatic rings. The summed E-state index contributed by atoms with van der Waals surface area (Å²) in [5, 5.41) is 12.1. The smallest absolute Gasteiger partial charge is 0.253 e. The Morgan fingerprint density at radius 1 is 1.09 bits per heavy atom. The molecule has 2 aromatic rings.